The van der Waals surface area contributed by atoms with E-state index in [0.29, 0.717) is 41.3 Å². The average molecular weight is 487 g/mol. The van der Waals surface area contributed by atoms with Gasteiger partial charge in [0, 0.05) is 17.4 Å². The van der Waals surface area contributed by atoms with Crippen molar-refractivity contribution >= 4 is 39.0 Å². The van der Waals surface area contributed by atoms with Gasteiger partial charge in [0.1, 0.15) is 27.5 Å². The van der Waals surface area contributed by atoms with Crippen molar-refractivity contribution in [3.05, 3.63) is 48.0 Å². The highest BCUT2D eigenvalue weighted by Gasteiger charge is 2.60. The largest absolute Gasteiger partial charge is 0.480 e. The van der Waals surface area contributed by atoms with Gasteiger partial charge in [-0.1, -0.05) is 0 Å². The van der Waals surface area contributed by atoms with E-state index in [9.17, 15) is 9.11 Å². The quantitative estimate of drug-likeness (QED) is 0.421. The Morgan fingerprint density at radius 1 is 1.24 bits per heavy atom. The fraction of sp³-hybridized carbons (Fsp3) is 0.391. The fourth-order valence-corrected chi connectivity index (χ4v) is 7.80. The number of amidine groups is 1. The molecule has 1 aromatic carbocycles. The Kier molecular flexibility index (Phi) is 5.19. The molecule has 5 N–H and O–H groups in total. The van der Waals surface area contributed by atoms with Gasteiger partial charge in [-0.3, -0.25) is 14.1 Å². The molecular weight excluding hydrogens is 459 g/mol. The molecule has 0 spiro atoms. The summed E-state index contributed by atoms with van der Waals surface area (Å²) in [6, 6.07) is 6.25. The first-order valence-corrected chi connectivity index (χ1v) is 12.6. The molecule has 3 atom stereocenters. The summed E-state index contributed by atoms with van der Waals surface area (Å²) in [5.74, 6) is 0.484. The summed E-state index contributed by atoms with van der Waals surface area (Å²) < 4.78 is 41.9. The lowest BCUT2D eigenvalue weighted by Gasteiger charge is -2.62. The molecular formula is C23H27FN6O3S. The number of benzene rings is 1. The minimum atomic E-state index is -3.18. The number of hydrogen-bond acceptors (Lipinski definition) is 9. The van der Waals surface area contributed by atoms with Crippen molar-refractivity contribution in [3.8, 4) is 5.88 Å². The van der Waals surface area contributed by atoms with Crippen molar-refractivity contribution in [1.82, 2.24) is 15.0 Å². The number of nitrogens with two attached hydrogens (primary N) is 1. The molecule has 180 valence electrons. The molecule has 4 heterocycles. The highest BCUT2D eigenvalue weighted by molar-refractivity contribution is 8.26. The molecule has 2 aromatic heterocycles. The summed E-state index contributed by atoms with van der Waals surface area (Å²) in [5, 5.41) is 2.54. The Labute approximate surface area is 198 Å². The number of methoxy groups -OCH3 is 1. The van der Waals surface area contributed by atoms with Gasteiger partial charge in [-0.25, -0.2) is 19.3 Å². The third-order valence-corrected chi connectivity index (χ3v) is 10.4. The highest BCUT2D eigenvalue weighted by Crippen LogP contribution is 2.69. The van der Waals surface area contributed by atoms with Gasteiger partial charge in [0.2, 0.25) is 5.88 Å². The normalized spacial score (nSPS) is 28.8. The Balaban J connectivity index is 1.58. The molecule has 5 rings (SSSR count). The van der Waals surface area contributed by atoms with Crippen molar-refractivity contribution in [3.63, 3.8) is 0 Å². The number of halogens is 1. The summed E-state index contributed by atoms with van der Waals surface area (Å²) in [6.45, 7) is 3.46. The molecule has 3 aromatic rings. The van der Waals surface area contributed by atoms with Crippen LogP contribution in [0.4, 0.5) is 15.9 Å². The van der Waals surface area contributed by atoms with E-state index in [1.165, 1.54) is 19.4 Å². The van der Waals surface area contributed by atoms with E-state index in [1.807, 2.05) is 0 Å². The monoisotopic (exact) mass is 486 g/mol. The van der Waals surface area contributed by atoms with Gasteiger partial charge in [0.05, 0.1) is 24.1 Å². The maximum Gasteiger partial charge on any atom is 0.232 e. The van der Waals surface area contributed by atoms with Crippen LogP contribution in [-0.4, -0.2) is 47.0 Å². The minimum absolute atomic E-state index is 0.156. The van der Waals surface area contributed by atoms with E-state index in [0.717, 1.165) is 6.42 Å². The van der Waals surface area contributed by atoms with E-state index in [2.05, 4.69) is 25.3 Å². The summed E-state index contributed by atoms with van der Waals surface area (Å²) in [4.78, 5) is 17.8. The van der Waals surface area contributed by atoms with Crippen LogP contribution in [0.3, 0.4) is 0 Å². The number of ether oxygens (including phenoxy) is 1. The maximum atomic E-state index is 15.2. The van der Waals surface area contributed by atoms with Gasteiger partial charge in [-0.05, 0) is 57.4 Å². The van der Waals surface area contributed by atoms with Crippen LogP contribution < -0.4 is 15.8 Å². The van der Waals surface area contributed by atoms with Crippen LogP contribution in [0.15, 0.2) is 41.7 Å². The van der Waals surface area contributed by atoms with Crippen LogP contribution in [0.25, 0.3) is 11.0 Å². The van der Waals surface area contributed by atoms with Crippen LogP contribution in [0, 0.1) is 5.82 Å². The van der Waals surface area contributed by atoms with Crippen molar-refractivity contribution in [2.75, 3.05) is 12.4 Å². The second-order valence-electron chi connectivity index (χ2n) is 9.11. The van der Waals surface area contributed by atoms with E-state index < -0.39 is 31.9 Å². The summed E-state index contributed by atoms with van der Waals surface area (Å²) in [7, 11) is -1.66. The molecule has 0 aliphatic carbocycles. The van der Waals surface area contributed by atoms with Gasteiger partial charge in [0.25, 0.3) is 0 Å². The molecule has 1 saturated heterocycles. The number of pyridine rings is 1. The molecule has 0 saturated carbocycles. The van der Waals surface area contributed by atoms with Crippen LogP contribution >= 0.6 is 10.6 Å². The van der Waals surface area contributed by atoms with E-state index in [4.69, 9.17) is 10.5 Å². The third kappa shape index (κ3) is 3.22. The van der Waals surface area contributed by atoms with Crippen molar-refractivity contribution < 1.29 is 18.2 Å². The molecule has 34 heavy (non-hydrogen) atoms. The van der Waals surface area contributed by atoms with Crippen molar-refractivity contribution in [1.29, 1.82) is 0 Å². The lowest BCUT2D eigenvalue weighted by Crippen LogP contribution is -2.60. The fourth-order valence-electron chi connectivity index (χ4n) is 5.06. The van der Waals surface area contributed by atoms with Crippen LogP contribution in [-0.2, 0) is 5.54 Å². The number of aliphatic imine (C=N–C) groups is 1. The van der Waals surface area contributed by atoms with Crippen LogP contribution in [0.2, 0.25) is 0 Å². The Morgan fingerprint density at radius 2 is 2.03 bits per heavy atom. The molecule has 0 radical (unpaired) electrons. The first-order chi connectivity index (χ1) is 16.1. The van der Waals surface area contributed by atoms with Gasteiger partial charge in [0.15, 0.2) is 5.82 Å². The van der Waals surface area contributed by atoms with Crippen LogP contribution in [0.5, 0.6) is 5.88 Å². The van der Waals surface area contributed by atoms with E-state index >= 15 is 4.39 Å². The Bertz CT molecular complexity index is 1320. The van der Waals surface area contributed by atoms with Crippen LogP contribution in [0.1, 0.15) is 38.7 Å². The van der Waals surface area contributed by atoms with Crippen molar-refractivity contribution in [2.45, 2.75) is 48.6 Å². The van der Waals surface area contributed by atoms with E-state index in [-0.39, 0.29) is 11.4 Å². The van der Waals surface area contributed by atoms with E-state index in [1.54, 1.807) is 38.2 Å². The van der Waals surface area contributed by atoms with Gasteiger partial charge >= 0.3 is 0 Å². The smallest absolute Gasteiger partial charge is 0.232 e. The third-order valence-electron chi connectivity index (χ3n) is 7.12. The summed E-state index contributed by atoms with van der Waals surface area (Å²) in [5.41, 5.74) is 6.95. The molecule has 0 amide bonds. The first kappa shape index (κ1) is 22.8. The molecule has 2 bridgehead atoms. The van der Waals surface area contributed by atoms with Gasteiger partial charge in [-0.2, -0.15) is 10.6 Å². The number of aromatic nitrogens is 3. The zero-order valence-electron chi connectivity index (χ0n) is 19.1. The SMILES string of the molecule is COc1cnc2c(Nc3ccc(F)c([C@@]4(C)N=C(N)[C@]5(C)CCC[C@H]4S5(O)O)c3)nccc2n1. The molecule has 0 unspecified atom stereocenters. The maximum absolute atomic E-state index is 15.2. The average Bonchev–Trinajstić information content (AvgIpc) is 2.80. The summed E-state index contributed by atoms with van der Waals surface area (Å²) >= 11 is 0. The molecule has 2 aliphatic heterocycles. The van der Waals surface area contributed by atoms with Crippen molar-refractivity contribution in [2.24, 2.45) is 10.7 Å². The van der Waals surface area contributed by atoms with Gasteiger partial charge < -0.3 is 15.8 Å². The lowest BCUT2D eigenvalue weighted by atomic mass is 9.82. The predicted octanol–water partition coefficient (Wildman–Crippen LogP) is 4.56. The number of rotatable bonds is 4. The number of nitrogens with zero attached hydrogens (tertiary/aromatic N) is 4. The number of fused-ring (bicyclic) bond motifs is 3. The first-order valence-electron chi connectivity index (χ1n) is 11.0. The number of hydrogen-bond donors (Lipinski definition) is 4. The predicted molar refractivity (Wildman–Crippen MR) is 131 cm³/mol. The molecule has 9 nitrogen and oxygen atoms in total. The minimum Gasteiger partial charge on any atom is -0.480 e. The zero-order valence-corrected chi connectivity index (χ0v) is 19.9. The lowest BCUT2D eigenvalue weighted by molar-refractivity contribution is 0.315. The highest BCUT2D eigenvalue weighted by atomic mass is 32.3. The second kappa shape index (κ2) is 7.76. The number of nitrogens with one attached hydrogen (secondary N) is 1. The molecule has 1 fully saturated rings. The second-order valence-corrected chi connectivity index (χ2v) is 11.8. The Morgan fingerprint density at radius 3 is 2.79 bits per heavy atom. The standard InChI is InChI=1S/C23H27FN6O3S/c1-22-9-4-5-17(34(22,31)32)23(2,30-21(22)25)14-11-13(6-7-15(14)24)28-20-19-16(8-10-26-20)29-18(33-3)12-27-19/h6-8,10-12,17,31-32H,4-5,9H2,1-3H3,(H2,25,30)(H,26,28)/t17-,22+,23-/m1/s1. The number of anilines is 2. The van der Waals surface area contributed by atoms with Gasteiger partial charge in [-0.15, -0.1) is 0 Å². The summed E-state index contributed by atoms with van der Waals surface area (Å²) in [6.07, 6.45) is 4.90. The molecule has 2 aliphatic rings. The zero-order chi connectivity index (χ0) is 24.3. The molecule has 11 heteroatoms. The topological polar surface area (TPSA) is 139 Å². The Hall–Kier alpha value is -3.02.